The standard InChI is InChI=1S/C49H33N/c1-4-17-34(18-5-1)49(35-19-6-2-7-20-35)45-28-15-14-27-43(45)48-46(49)29-16-30-47(48)50(36-21-8-3-9-22-36)37-31-32-42-40-25-11-10-23-38(40)39-24-12-13-26-41(39)44(42)33-37/h1-33H. The van der Waals surface area contributed by atoms with Crippen molar-refractivity contribution in [3.8, 4) is 11.1 Å². The lowest BCUT2D eigenvalue weighted by molar-refractivity contribution is 0.768. The van der Waals surface area contributed by atoms with Gasteiger partial charge in [0.25, 0.3) is 0 Å². The van der Waals surface area contributed by atoms with Gasteiger partial charge in [0.2, 0.25) is 0 Å². The molecule has 0 spiro atoms. The Bertz CT molecular complexity index is 2620. The number of para-hydroxylation sites is 1. The van der Waals surface area contributed by atoms with E-state index in [1.807, 2.05) is 0 Å². The molecule has 0 atom stereocenters. The van der Waals surface area contributed by atoms with Gasteiger partial charge < -0.3 is 4.90 Å². The van der Waals surface area contributed by atoms with Crippen LogP contribution < -0.4 is 4.90 Å². The first-order chi connectivity index (χ1) is 24.8. The average Bonchev–Trinajstić information content (AvgIpc) is 3.51. The van der Waals surface area contributed by atoms with Gasteiger partial charge in [0.05, 0.1) is 11.1 Å². The van der Waals surface area contributed by atoms with Crippen molar-refractivity contribution in [1.29, 1.82) is 0 Å². The zero-order valence-corrected chi connectivity index (χ0v) is 27.5. The van der Waals surface area contributed by atoms with Gasteiger partial charge in [-0.05, 0) is 90.5 Å². The van der Waals surface area contributed by atoms with E-state index < -0.39 is 5.41 Å². The molecule has 0 fully saturated rings. The molecule has 1 aliphatic rings. The Hall–Kier alpha value is -6.44. The quantitative estimate of drug-likeness (QED) is 0.170. The molecule has 9 aromatic rings. The van der Waals surface area contributed by atoms with Crippen LogP contribution in [-0.2, 0) is 5.41 Å². The number of benzene rings is 9. The van der Waals surface area contributed by atoms with E-state index in [9.17, 15) is 0 Å². The molecule has 0 saturated carbocycles. The van der Waals surface area contributed by atoms with Crippen LogP contribution in [0.4, 0.5) is 17.1 Å². The summed E-state index contributed by atoms with van der Waals surface area (Å²) in [6, 6.07) is 73.5. The second-order valence-electron chi connectivity index (χ2n) is 13.2. The summed E-state index contributed by atoms with van der Waals surface area (Å²) in [5.74, 6) is 0. The van der Waals surface area contributed by atoms with Crippen LogP contribution >= 0.6 is 0 Å². The van der Waals surface area contributed by atoms with Gasteiger partial charge in [-0.25, -0.2) is 0 Å². The highest BCUT2D eigenvalue weighted by Gasteiger charge is 2.47. The third kappa shape index (κ3) is 4.07. The molecule has 0 amide bonds. The molecule has 9 aromatic carbocycles. The maximum absolute atomic E-state index is 2.46. The first-order valence-corrected chi connectivity index (χ1v) is 17.4. The van der Waals surface area contributed by atoms with E-state index in [0.29, 0.717) is 0 Å². The highest BCUT2D eigenvalue weighted by molar-refractivity contribution is 6.25. The summed E-state index contributed by atoms with van der Waals surface area (Å²) in [6.07, 6.45) is 0. The Balaban J connectivity index is 1.30. The fourth-order valence-corrected chi connectivity index (χ4v) is 8.70. The molecular formula is C49H33N. The molecule has 0 unspecified atom stereocenters. The predicted octanol–water partition coefficient (Wildman–Crippen LogP) is 13.0. The molecule has 0 aromatic heterocycles. The molecule has 10 rings (SSSR count). The van der Waals surface area contributed by atoms with Crippen LogP contribution in [0.3, 0.4) is 0 Å². The summed E-state index contributed by atoms with van der Waals surface area (Å²) in [5.41, 5.74) is 10.6. The molecule has 1 heteroatoms. The zero-order chi connectivity index (χ0) is 33.1. The van der Waals surface area contributed by atoms with E-state index in [-0.39, 0.29) is 0 Å². The molecule has 0 aliphatic heterocycles. The fourth-order valence-electron chi connectivity index (χ4n) is 8.70. The van der Waals surface area contributed by atoms with Crippen LogP contribution in [0.25, 0.3) is 43.4 Å². The SMILES string of the molecule is c1ccc(N(c2ccc3c4ccccc4c4ccccc4c3c2)c2cccc3c2-c2ccccc2C3(c2ccccc2)c2ccccc2)cc1. The molecule has 0 heterocycles. The Labute approximate surface area is 292 Å². The highest BCUT2D eigenvalue weighted by atomic mass is 15.1. The van der Waals surface area contributed by atoms with Crippen molar-refractivity contribution in [2.45, 2.75) is 5.41 Å². The third-order valence-corrected chi connectivity index (χ3v) is 10.7. The maximum atomic E-state index is 2.46. The van der Waals surface area contributed by atoms with E-state index in [1.165, 1.54) is 71.4 Å². The van der Waals surface area contributed by atoms with Gasteiger partial charge in [-0.3, -0.25) is 0 Å². The van der Waals surface area contributed by atoms with E-state index in [4.69, 9.17) is 0 Å². The van der Waals surface area contributed by atoms with Crippen LogP contribution in [0.1, 0.15) is 22.3 Å². The van der Waals surface area contributed by atoms with Crippen LogP contribution in [-0.4, -0.2) is 0 Å². The minimum atomic E-state index is -0.467. The summed E-state index contributed by atoms with van der Waals surface area (Å²) in [7, 11) is 0. The second kappa shape index (κ2) is 11.3. The summed E-state index contributed by atoms with van der Waals surface area (Å²) in [4.78, 5) is 2.46. The molecule has 1 aliphatic carbocycles. The summed E-state index contributed by atoms with van der Waals surface area (Å²) in [6.45, 7) is 0. The van der Waals surface area contributed by atoms with Gasteiger partial charge >= 0.3 is 0 Å². The molecule has 50 heavy (non-hydrogen) atoms. The fraction of sp³-hybridized carbons (Fsp3) is 0.0204. The number of rotatable bonds is 5. The van der Waals surface area contributed by atoms with Gasteiger partial charge in [-0.15, -0.1) is 0 Å². The van der Waals surface area contributed by atoms with Gasteiger partial charge in [0, 0.05) is 16.9 Å². The minimum Gasteiger partial charge on any atom is -0.310 e. The summed E-state index contributed by atoms with van der Waals surface area (Å²) >= 11 is 0. The van der Waals surface area contributed by atoms with E-state index in [1.54, 1.807) is 0 Å². The van der Waals surface area contributed by atoms with Crippen LogP contribution in [0.15, 0.2) is 200 Å². The number of nitrogens with zero attached hydrogens (tertiary/aromatic N) is 1. The minimum absolute atomic E-state index is 0.467. The van der Waals surface area contributed by atoms with E-state index in [0.717, 1.165) is 11.4 Å². The normalized spacial score (nSPS) is 13.0. The van der Waals surface area contributed by atoms with Gasteiger partial charge in [-0.1, -0.05) is 170 Å². The number of fused-ring (bicyclic) bond motifs is 9. The topological polar surface area (TPSA) is 3.24 Å². The van der Waals surface area contributed by atoms with Crippen molar-refractivity contribution < 1.29 is 0 Å². The zero-order valence-electron chi connectivity index (χ0n) is 27.5. The van der Waals surface area contributed by atoms with Crippen LogP contribution in [0, 0.1) is 0 Å². The molecular weight excluding hydrogens is 603 g/mol. The Morgan fingerprint density at radius 1 is 0.320 bits per heavy atom. The van der Waals surface area contributed by atoms with Crippen molar-refractivity contribution in [2.75, 3.05) is 4.90 Å². The molecule has 234 valence electrons. The molecule has 0 radical (unpaired) electrons. The molecule has 0 N–H and O–H groups in total. The first-order valence-electron chi connectivity index (χ1n) is 17.4. The third-order valence-electron chi connectivity index (χ3n) is 10.7. The Morgan fingerprint density at radius 2 is 0.800 bits per heavy atom. The monoisotopic (exact) mass is 635 g/mol. The number of hydrogen-bond acceptors (Lipinski definition) is 1. The average molecular weight is 636 g/mol. The smallest absolute Gasteiger partial charge is 0.0714 e. The molecule has 1 nitrogen and oxygen atoms in total. The first kappa shape index (κ1) is 28.6. The second-order valence-corrected chi connectivity index (χ2v) is 13.2. The lowest BCUT2D eigenvalue weighted by atomic mass is 9.68. The van der Waals surface area contributed by atoms with Crippen molar-refractivity contribution in [3.63, 3.8) is 0 Å². The number of anilines is 3. The summed E-state index contributed by atoms with van der Waals surface area (Å²) in [5, 5.41) is 7.65. The molecule has 0 saturated heterocycles. The number of hydrogen-bond donors (Lipinski definition) is 0. The Morgan fingerprint density at radius 3 is 1.42 bits per heavy atom. The lowest BCUT2D eigenvalue weighted by Gasteiger charge is -2.34. The highest BCUT2D eigenvalue weighted by Crippen LogP contribution is 2.59. The van der Waals surface area contributed by atoms with Gasteiger partial charge in [0.15, 0.2) is 0 Å². The van der Waals surface area contributed by atoms with E-state index >= 15 is 0 Å². The van der Waals surface area contributed by atoms with Gasteiger partial charge in [0.1, 0.15) is 0 Å². The largest absolute Gasteiger partial charge is 0.310 e. The van der Waals surface area contributed by atoms with Crippen molar-refractivity contribution >= 4 is 49.4 Å². The van der Waals surface area contributed by atoms with Crippen LogP contribution in [0.5, 0.6) is 0 Å². The van der Waals surface area contributed by atoms with Crippen molar-refractivity contribution in [3.05, 3.63) is 222 Å². The van der Waals surface area contributed by atoms with Gasteiger partial charge in [-0.2, -0.15) is 0 Å². The van der Waals surface area contributed by atoms with E-state index in [2.05, 4.69) is 205 Å². The predicted molar refractivity (Wildman–Crippen MR) is 211 cm³/mol. The van der Waals surface area contributed by atoms with Crippen LogP contribution in [0.2, 0.25) is 0 Å². The maximum Gasteiger partial charge on any atom is 0.0714 e. The van der Waals surface area contributed by atoms with Crippen molar-refractivity contribution in [2.24, 2.45) is 0 Å². The van der Waals surface area contributed by atoms with Crippen molar-refractivity contribution in [1.82, 2.24) is 0 Å². The lowest BCUT2D eigenvalue weighted by Crippen LogP contribution is -2.28. The molecule has 0 bridgehead atoms. The summed E-state index contributed by atoms with van der Waals surface area (Å²) < 4.78 is 0. The Kier molecular flexibility index (Phi) is 6.47.